The molecule has 108 valence electrons. The fourth-order valence-electron chi connectivity index (χ4n) is 1.84. The van der Waals surface area contributed by atoms with Crippen molar-refractivity contribution in [2.45, 2.75) is 12.4 Å². The van der Waals surface area contributed by atoms with Gasteiger partial charge < -0.3 is 0 Å². The predicted molar refractivity (Wildman–Crippen MR) is 58.6 cm³/mol. The molecular weight excluding hydrogens is 286 g/mol. The van der Waals surface area contributed by atoms with Crippen molar-refractivity contribution < 1.29 is 26.3 Å². The topological polar surface area (TPSA) is 17.8 Å². The monoisotopic (exact) mass is 294 g/mol. The summed E-state index contributed by atoms with van der Waals surface area (Å²) in [6.07, 6.45) is -8.80. The second-order valence-electron chi connectivity index (χ2n) is 4.10. The molecule has 0 atom stereocenters. The molecule has 0 N–H and O–H groups in total. The molecule has 0 fully saturated rings. The third-order valence-electron chi connectivity index (χ3n) is 2.75. The molecule has 0 aliphatic rings. The van der Waals surface area contributed by atoms with Crippen molar-refractivity contribution in [3.8, 4) is 11.3 Å². The summed E-state index contributed by atoms with van der Waals surface area (Å²) >= 11 is 0. The molecule has 8 heteroatoms. The summed E-state index contributed by atoms with van der Waals surface area (Å²) in [6.45, 7) is 0. The van der Waals surface area contributed by atoms with Crippen LogP contribution < -0.4 is 0 Å². The van der Waals surface area contributed by atoms with Crippen LogP contribution in [0, 0.1) is 0 Å². The third kappa shape index (κ3) is 2.63. The number of benzene rings is 1. The molecule has 0 spiro atoms. The van der Waals surface area contributed by atoms with E-state index in [0.717, 1.165) is 6.07 Å². The summed E-state index contributed by atoms with van der Waals surface area (Å²) in [6, 6.07) is 3.34. The molecule has 20 heavy (non-hydrogen) atoms. The van der Waals surface area contributed by atoms with E-state index < -0.39 is 23.5 Å². The predicted octanol–water partition coefficient (Wildman–Crippen LogP) is 4.12. The Balaban J connectivity index is 2.64. The van der Waals surface area contributed by atoms with Gasteiger partial charge in [0.2, 0.25) is 0 Å². The molecule has 0 unspecified atom stereocenters. The summed E-state index contributed by atoms with van der Waals surface area (Å²) < 4.78 is 77.5. The van der Waals surface area contributed by atoms with Crippen LogP contribution in [0.25, 0.3) is 11.3 Å². The van der Waals surface area contributed by atoms with Crippen molar-refractivity contribution in [2.75, 3.05) is 0 Å². The number of rotatable bonds is 1. The van der Waals surface area contributed by atoms with Crippen molar-refractivity contribution in [3.63, 3.8) is 0 Å². The summed E-state index contributed by atoms with van der Waals surface area (Å²) in [5.41, 5.74) is -3.09. The number of hydrogen-bond donors (Lipinski definition) is 0. The van der Waals surface area contributed by atoms with E-state index in [0.29, 0.717) is 17.8 Å². The molecule has 0 aliphatic heterocycles. The Kier molecular flexibility index (Phi) is 3.27. The lowest BCUT2D eigenvalue weighted by molar-refractivity contribution is -0.162. The van der Waals surface area contributed by atoms with Gasteiger partial charge in [-0.1, -0.05) is 6.07 Å². The van der Waals surface area contributed by atoms with Crippen molar-refractivity contribution in [1.29, 1.82) is 0 Å². The Morgan fingerprint density at radius 3 is 1.95 bits per heavy atom. The van der Waals surface area contributed by atoms with Crippen molar-refractivity contribution in [1.82, 2.24) is 9.78 Å². The Morgan fingerprint density at radius 2 is 1.50 bits per heavy atom. The first kappa shape index (κ1) is 14.4. The van der Waals surface area contributed by atoms with Crippen LogP contribution in [0.15, 0.2) is 30.5 Å². The molecule has 1 heterocycles. The molecule has 2 aromatic rings. The van der Waals surface area contributed by atoms with Gasteiger partial charge in [-0.05, 0) is 18.2 Å². The quantitative estimate of drug-likeness (QED) is 0.723. The van der Waals surface area contributed by atoms with Crippen LogP contribution in [-0.4, -0.2) is 9.78 Å². The molecule has 2 nitrogen and oxygen atoms in total. The zero-order valence-electron chi connectivity index (χ0n) is 10.0. The molecule has 1 aromatic carbocycles. The van der Waals surface area contributed by atoms with E-state index >= 15 is 0 Å². The number of nitrogens with zero attached hydrogens (tertiary/aromatic N) is 2. The Labute approximate surface area is 109 Å². The maximum absolute atomic E-state index is 12.8. The van der Waals surface area contributed by atoms with Crippen LogP contribution in [0.1, 0.15) is 11.1 Å². The number of aromatic nitrogens is 2. The number of aryl methyl sites for hydroxylation is 1. The maximum atomic E-state index is 12.8. The fourth-order valence-corrected chi connectivity index (χ4v) is 1.84. The summed E-state index contributed by atoms with van der Waals surface area (Å²) in [7, 11) is 1.49. The molecule has 0 saturated heterocycles. The molecule has 2 rings (SSSR count). The highest BCUT2D eigenvalue weighted by atomic mass is 19.4. The zero-order valence-corrected chi connectivity index (χ0v) is 10.0. The lowest BCUT2D eigenvalue weighted by Crippen LogP contribution is -2.16. The minimum Gasteiger partial charge on any atom is -0.268 e. The van der Waals surface area contributed by atoms with E-state index in [-0.39, 0.29) is 5.56 Å². The second kappa shape index (κ2) is 4.53. The van der Waals surface area contributed by atoms with E-state index in [2.05, 4.69) is 5.10 Å². The molecule has 0 aliphatic carbocycles. The number of hydrogen-bond acceptors (Lipinski definition) is 1. The third-order valence-corrected chi connectivity index (χ3v) is 2.75. The van der Waals surface area contributed by atoms with Crippen LogP contribution >= 0.6 is 0 Å². The van der Waals surface area contributed by atoms with Gasteiger partial charge in [0.25, 0.3) is 0 Å². The molecule has 0 saturated carbocycles. The van der Waals surface area contributed by atoms with E-state index in [4.69, 9.17) is 0 Å². The average molecular weight is 294 g/mol. The Morgan fingerprint density at radius 1 is 0.900 bits per heavy atom. The highest BCUT2D eigenvalue weighted by Crippen LogP contribution is 2.41. The Bertz CT molecular complexity index is 624. The van der Waals surface area contributed by atoms with Gasteiger partial charge in [-0.2, -0.15) is 31.4 Å². The standard InChI is InChI=1S/C12H8F6N2/c1-20-10(4-5-19-20)7-2-3-8(11(13,14)15)9(6-7)12(16,17)18/h2-6H,1H3. The first-order valence-corrected chi connectivity index (χ1v) is 5.37. The fraction of sp³-hybridized carbons (Fsp3) is 0.250. The van der Waals surface area contributed by atoms with Crippen molar-refractivity contribution >= 4 is 0 Å². The maximum Gasteiger partial charge on any atom is 0.417 e. The van der Waals surface area contributed by atoms with Gasteiger partial charge in [0.15, 0.2) is 0 Å². The summed E-state index contributed by atoms with van der Waals surface area (Å²) in [4.78, 5) is 0. The van der Waals surface area contributed by atoms with Gasteiger partial charge in [0, 0.05) is 18.8 Å². The first-order chi connectivity index (χ1) is 9.10. The summed E-state index contributed by atoms with van der Waals surface area (Å²) in [5.74, 6) is 0. The molecule has 0 bridgehead atoms. The lowest BCUT2D eigenvalue weighted by atomic mass is 10.0. The van der Waals surface area contributed by atoms with Crippen LogP contribution in [0.2, 0.25) is 0 Å². The number of alkyl halides is 6. The van der Waals surface area contributed by atoms with Crippen LogP contribution in [0.3, 0.4) is 0 Å². The van der Waals surface area contributed by atoms with Crippen LogP contribution in [-0.2, 0) is 19.4 Å². The van der Waals surface area contributed by atoms with Gasteiger partial charge in [-0.15, -0.1) is 0 Å². The molecular formula is C12H8F6N2. The molecule has 1 aromatic heterocycles. The highest BCUT2D eigenvalue weighted by Gasteiger charge is 2.43. The zero-order chi connectivity index (χ0) is 15.1. The van der Waals surface area contributed by atoms with Gasteiger partial charge in [-0.25, -0.2) is 0 Å². The summed E-state index contributed by atoms with van der Waals surface area (Å²) in [5, 5.41) is 3.77. The van der Waals surface area contributed by atoms with Gasteiger partial charge in [-0.3, -0.25) is 4.68 Å². The minimum absolute atomic E-state index is 0.0188. The van der Waals surface area contributed by atoms with E-state index in [1.807, 2.05) is 0 Å². The number of halogens is 6. The normalized spacial score (nSPS) is 12.8. The van der Waals surface area contributed by atoms with E-state index in [1.54, 1.807) is 0 Å². The Hall–Kier alpha value is -1.99. The average Bonchev–Trinajstić information content (AvgIpc) is 2.72. The van der Waals surface area contributed by atoms with E-state index in [9.17, 15) is 26.3 Å². The smallest absolute Gasteiger partial charge is 0.268 e. The second-order valence-corrected chi connectivity index (χ2v) is 4.10. The van der Waals surface area contributed by atoms with Crippen molar-refractivity contribution in [2.24, 2.45) is 7.05 Å². The largest absolute Gasteiger partial charge is 0.417 e. The van der Waals surface area contributed by atoms with Gasteiger partial charge >= 0.3 is 12.4 Å². The highest BCUT2D eigenvalue weighted by molar-refractivity contribution is 5.61. The van der Waals surface area contributed by atoms with Gasteiger partial charge in [0.05, 0.1) is 16.8 Å². The van der Waals surface area contributed by atoms with Gasteiger partial charge in [0.1, 0.15) is 0 Å². The van der Waals surface area contributed by atoms with Crippen LogP contribution in [0.4, 0.5) is 26.3 Å². The lowest BCUT2D eigenvalue weighted by Gasteiger charge is -2.16. The SMILES string of the molecule is Cn1nccc1-c1ccc(C(F)(F)F)c(C(F)(F)F)c1. The molecule has 0 radical (unpaired) electrons. The van der Waals surface area contributed by atoms with Crippen LogP contribution in [0.5, 0.6) is 0 Å². The van der Waals surface area contributed by atoms with Crippen molar-refractivity contribution in [3.05, 3.63) is 41.6 Å². The first-order valence-electron chi connectivity index (χ1n) is 5.37. The van der Waals surface area contributed by atoms with E-state index in [1.165, 1.54) is 24.0 Å². The minimum atomic E-state index is -5.08. The molecule has 0 amide bonds.